The Kier molecular flexibility index (Phi) is 6.14. The molecule has 3 rings (SSSR count). The molecule has 0 saturated carbocycles. The van der Waals surface area contributed by atoms with Gasteiger partial charge in [-0.2, -0.15) is 0 Å². The standard InChI is InChI=1S/C20H28N2O4/c1-3-21(14-16-8-7-11-26-16)20(24)15-12-19(23)22(13-15)17-9-5-6-10-18(17)25-4-2/h5-6,9-10,15-16H,3-4,7-8,11-14H2,1-2H3. The Bertz CT molecular complexity index is 642. The minimum atomic E-state index is -0.307. The molecule has 0 N–H and O–H groups in total. The van der Waals surface area contributed by atoms with E-state index < -0.39 is 0 Å². The number of para-hydroxylation sites is 2. The molecule has 6 heteroatoms. The highest BCUT2D eigenvalue weighted by atomic mass is 16.5. The van der Waals surface area contributed by atoms with Crippen LogP contribution in [0.5, 0.6) is 5.75 Å². The monoisotopic (exact) mass is 360 g/mol. The fourth-order valence-electron chi connectivity index (χ4n) is 3.73. The number of amides is 2. The van der Waals surface area contributed by atoms with E-state index in [-0.39, 0.29) is 30.3 Å². The van der Waals surface area contributed by atoms with Gasteiger partial charge in [-0.3, -0.25) is 9.59 Å². The highest BCUT2D eigenvalue weighted by Crippen LogP contribution is 2.33. The summed E-state index contributed by atoms with van der Waals surface area (Å²) in [6.07, 6.45) is 2.44. The minimum Gasteiger partial charge on any atom is -0.492 e. The third-order valence-electron chi connectivity index (χ3n) is 5.07. The van der Waals surface area contributed by atoms with Gasteiger partial charge in [0.05, 0.1) is 24.3 Å². The van der Waals surface area contributed by atoms with Crippen molar-refractivity contribution in [2.45, 2.75) is 39.2 Å². The molecule has 1 aromatic rings. The van der Waals surface area contributed by atoms with Crippen LogP contribution < -0.4 is 9.64 Å². The first-order chi connectivity index (χ1) is 12.6. The maximum absolute atomic E-state index is 13.0. The van der Waals surface area contributed by atoms with Crippen LogP contribution in [0, 0.1) is 5.92 Å². The van der Waals surface area contributed by atoms with Crippen LogP contribution in [-0.2, 0) is 14.3 Å². The van der Waals surface area contributed by atoms with Gasteiger partial charge in [0.1, 0.15) is 5.75 Å². The van der Waals surface area contributed by atoms with Gasteiger partial charge in [-0.15, -0.1) is 0 Å². The van der Waals surface area contributed by atoms with Gasteiger partial charge in [0, 0.05) is 32.7 Å². The number of benzene rings is 1. The van der Waals surface area contributed by atoms with E-state index in [1.165, 1.54) is 0 Å². The van der Waals surface area contributed by atoms with Gasteiger partial charge in [-0.25, -0.2) is 0 Å². The van der Waals surface area contributed by atoms with Crippen molar-refractivity contribution in [1.82, 2.24) is 4.90 Å². The van der Waals surface area contributed by atoms with Crippen LogP contribution in [0.3, 0.4) is 0 Å². The van der Waals surface area contributed by atoms with E-state index in [2.05, 4.69) is 0 Å². The topological polar surface area (TPSA) is 59.1 Å². The zero-order valence-electron chi connectivity index (χ0n) is 15.6. The Balaban J connectivity index is 1.69. The largest absolute Gasteiger partial charge is 0.492 e. The predicted molar refractivity (Wildman–Crippen MR) is 99.3 cm³/mol. The molecule has 1 aromatic carbocycles. The number of rotatable bonds is 7. The SMILES string of the molecule is CCOc1ccccc1N1CC(C(=O)N(CC)CC2CCCO2)CC1=O. The zero-order chi connectivity index (χ0) is 18.5. The molecule has 0 bridgehead atoms. The van der Waals surface area contributed by atoms with Gasteiger partial charge in [-0.1, -0.05) is 12.1 Å². The van der Waals surface area contributed by atoms with Crippen molar-refractivity contribution in [3.05, 3.63) is 24.3 Å². The highest BCUT2D eigenvalue weighted by Gasteiger charge is 2.38. The average Bonchev–Trinajstić information content (AvgIpc) is 3.29. The lowest BCUT2D eigenvalue weighted by Gasteiger charge is -2.26. The van der Waals surface area contributed by atoms with Gasteiger partial charge < -0.3 is 19.3 Å². The second kappa shape index (κ2) is 8.54. The first-order valence-corrected chi connectivity index (χ1v) is 9.56. The first-order valence-electron chi connectivity index (χ1n) is 9.56. The van der Waals surface area contributed by atoms with Gasteiger partial charge in [0.15, 0.2) is 0 Å². The molecule has 0 aliphatic carbocycles. The molecule has 0 radical (unpaired) electrons. The molecular weight excluding hydrogens is 332 g/mol. The van der Waals surface area contributed by atoms with Gasteiger partial charge in [0.2, 0.25) is 11.8 Å². The number of carbonyl (C=O) groups excluding carboxylic acids is 2. The molecule has 2 fully saturated rings. The van der Waals surface area contributed by atoms with E-state index in [9.17, 15) is 9.59 Å². The third-order valence-corrected chi connectivity index (χ3v) is 5.07. The molecule has 2 atom stereocenters. The number of carbonyl (C=O) groups is 2. The summed E-state index contributed by atoms with van der Waals surface area (Å²) in [4.78, 5) is 29.1. The summed E-state index contributed by atoms with van der Waals surface area (Å²) in [5, 5.41) is 0. The summed E-state index contributed by atoms with van der Waals surface area (Å²) in [6, 6.07) is 7.50. The molecule has 6 nitrogen and oxygen atoms in total. The van der Waals surface area contributed by atoms with Crippen molar-refractivity contribution in [2.24, 2.45) is 5.92 Å². The molecule has 2 unspecified atom stereocenters. The molecule has 2 amide bonds. The van der Waals surface area contributed by atoms with Crippen LogP contribution >= 0.6 is 0 Å². The maximum atomic E-state index is 13.0. The first kappa shape index (κ1) is 18.7. The fourth-order valence-corrected chi connectivity index (χ4v) is 3.73. The summed E-state index contributed by atoms with van der Waals surface area (Å²) in [5.74, 6) is 0.401. The van der Waals surface area contributed by atoms with Crippen molar-refractivity contribution in [3.63, 3.8) is 0 Å². The number of anilines is 1. The lowest BCUT2D eigenvalue weighted by Crippen LogP contribution is -2.41. The van der Waals surface area contributed by atoms with E-state index in [4.69, 9.17) is 9.47 Å². The van der Waals surface area contributed by atoms with Gasteiger partial charge in [0.25, 0.3) is 0 Å². The third kappa shape index (κ3) is 4.01. The Morgan fingerprint density at radius 1 is 1.35 bits per heavy atom. The number of ether oxygens (including phenoxy) is 2. The van der Waals surface area contributed by atoms with Crippen LogP contribution in [0.25, 0.3) is 0 Å². The normalized spacial score (nSPS) is 22.7. The van der Waals surface area contributed by atoms with E-state index in [1.54, 1.807) is 4.90 Å². The molecule has 2 saturated heterocycles. The Labute approximate surface area is 155 Å². The lowest BCUT2D eigenvalue weighted by molar-refractivity contribution is -0.137. The zero-order valence-corrected chi connectivity index (χ0v) is 15.6. The number of likely N-dealkylation sites (N-methyl/N-ethyl adjacent to an activating group) is 1. The van der Waals surface area contributed by atoms with Crippen LogP contribution in [0.1, 0.15) is 33.1 Å². The molecule has 26 heavy (non-hydrogen) atoms. The predicted octanol–water partition coefficient (Wildman–Crippen LogP) is 2.47. The molecular formula is C20H28N2O4. The minimum absolute atomic E-state index is 0.0244. The second-order valence-corrected chi connectivity index (χ2v) is 6.82. The van der Waals surface area contributed by atoms with Crippen LogP contribution in [0.4, 0.5) is 5.69 Å². The molecule has 142 valence electrons. The van der Waals surface area contributed by atoms with Crippen molar-refractivity contribution >= 4 is 17.5 Å². The Hall–Kier alpha value is -2.08. The Morgan fingerprint density at radius 3 is 2.85 bits per heavy atom. The van der Waals surface area contributed by atoms with Crippen LogP contribution in [0.2, 0.25) is 0 Å². The average molecular weight is 360 g/mol. The number of hydrogen-bond donors (Lipinski definition) is 0. The Morgan fingerprint density at radius 2 is 2.15 bits per heavy atom. The number of hydrogen-bond acceptors (Lipinski definition) is 4. The highest BCUT2D eigenvalue weighted by molar-refractivity contribution is 6.01. The molecule has 2 heterocycles. The van der Waals surface area contributed by atoms with E-state index >= 15 is 0 Å². The summed E-state index contributed by atoms with van der Waals surface area (Å²) < 4.78 is 11.3. The summed E-state index contributed by atoms with van der Waals surface area (Å²) >= 11 is 0. The quantitative estimate of drug-likeness (QED) is 0.749. The lowest BCUT2D eigenvalue weighted by atomic mass is 10.1. The molecule has 0 spiro atoms. The maximum Gasteiger partial charge on any atom is 0.228 e. The fraction of sp³-hybridized carbons (Fsp3) is 0.600. The van der Waals surface area contributed by atoms with Gasteiger partial charge in [-0.05, 0) is 38.8 Å². The molecule has 2 aliphatic heterocycles. The molecule has 0 aromatic heterocycles. The second-order valence-electron chi connectivity index (χ2n) is 6.82. The summed E-state index contributed by atoms with van der Waals surface area (Å²) in [6.45, 7) is 6.87. The van der Waals surface area contributed by atoms with Crippen LogP contribution in [-0.4, -0.2) is 55.7 Å². The molecule has 2 aliphatic rings. The van der Waals surface area contributed by atoms with Crippen molar-refractivity contribution < 1.29 is 19.1 Å². The number of nitrogens with zero attached hydrogens (tertiary/aromatic N) is 2. The summed E-state index contributed by atoms with van der Waals surface area (Å²) in [5.41, 5.74) is 0.747. The van der Waals surface area contributed by atoms with Crippen LogP contribution in [0.15, 0.2) is 24.3 Å². The van der Waals surface area contributed by atoms with E-state index in [1.807, 2.05) is 43.0 Å². The van der Waals surface area contributed by atoms with E-state index in [0.29, 0.717) is 32.0 Å². The van der Waals surface area contributed by atoms with Gasteiger partial charge >= 0.3 is 0 Å². The van der Waals surface area contributed by atoms with Crippen molar-refractivity contribution in [2.75, 3.05) is 37.7 Å². The van der Waals surface area contributed by atoms with Crippen molar-refractivity contribution in [1.29, 1.82) is 0 Å². The van der Waals surface area contributed by atoms with E-state index in [0.717, 1.165) is 25.1 Å². The smallest absolute Gasteiger partial charge is 0.228 e. The summed E-state index contributed by atoms with van der Waals surface area (Å²) in [7, 11) is 0. The van der Waals surface area contributed by atoms with Crippen molar-refractivity contribution in [3.8, 4) is 5.75 Å².